The van der Waals surface area contributed by atoms with Gasteiger partial charge in [-0.15, -0.1) is 0 Å². The molecule has 0 spiro atoms. The highest BCUT2D eigenvalue weighted by molar-refractivity contribution is 6.30. The van der Waals surface area contributed by atoms with Gasteiger partial charge in [0.1, 0.15) is 12.4 Å². The van der Waals surface area contributed by atoms with Crippen LogP contribution in [0, 0.1) is 5.92 Å². The Balaban J connectivity index is 1.72. The van der Waals surface area contributed by atoms with E-state index in [1.807, 2.05) is 24.3 Å². The van der Waals surface area contributed by atoms with Crippen LogP contribution in [-0.2, 0) is 0 Å². The Bertz CT molecular complexity index is 386. The van der Waals surface area contributed by atoms with Crippen LogP contribution in [0.1, 0.15) is 13.3 Å². The van der Waals surface area contributed by atoms with Crippen molar-refractivity contribution in [1.29, 1.82) is 0 Å². The van der Waals surface area contributed by atoms with Crippen molar-refractivity contribution in [2.45, 2.75) is 19.4 Å². The Morgan fingerprint density at radius 1 is 1.50 bits per heavy atom. The first kappa shape index (κ1) is 13.7. The summed E-state index contributed by atoms with van der Waals surface area (Å²) >= 11 is 5.90. The van der Waals surface area contributed by atoms with E-state index in [4.69, 9.17) is 22.1 Å². The van der Waals surface area contributed by atoms with Crippen molar-refractivity contribution in [2.24, 2.45) is 11.7 Å². The minimum absolute atomic E-state index is 0.357. The number of piperidine rings is 1. The standard InChI is InChI=1S/C14H21ClN2O/c1-11-10-17(6-5-14(11)16)7-8-18-13-4-2-3-12(15)9-13/h2-4,9,11,14H,5-8,10,16H2,1H3. The number of rotatable bonds is 4. The quantitative estimate of drug-likeness (QED) is 0.911. The van der Waals surface area contributed by atoms with E-state index in [2.05, 4.69) is 11.8 Å². The fourth-order valence-corrected chi connectivity index (χ4v) is 2.48. The van der Waals surface area contributed by atoms with E-state index < -0.39 is 0 Å². The van der Waals surface area contributed by atoms with Gasteiger partial charge in [-0.25, -0.2) is 0 Å². The molecule has 0 saturated carbocycles. The third-order valence-electron chi connectivity index (χ3n) is 3.53. The van der Waals surface area contributed by atoms with Gasteiger partial charge in [0.25, 0.3) is 0 Å². The first-order valence-corrected chi connectivity index (χ1v) is 6.89. The molecule has 18 heavy (non-hydrogen) atoms. The summed E-state index contributed by atoms with van der Waals surface area (Å²) < 4.78 is 5.69. The summed E-state index contributed by atoms with van der Waals surface area (Å²) in [4.78, 5) is 2.42. The number of nitrogens with two attached hydrogens (primary N) is 1. The van der Waals surface area contributed by atoms with Gasteiger partial charge in [0, 0.05) is 24.2 Å². The van der Waals surface area contributed by atoms with Crippen molar-refractivity contribution >= 4 is 11.6 Å². The Morgan fingerprint density at radius 3 is 3.06 bits per heavy atom. The van der Waals surface area contributed by atoms with E-state index >= 15 is 0 Å². The molecule has 1 fully saturated rings. The highest BCUT2D eigenvalue weighted by atomic mass is 35.5. The summed E-state index contributed by atoms with van der Waals surface area (Å²) in [6, 6.07) is 7.88. The molecule has 2 atom stereocenters. The number of ether oxygens (including phenoxy) is 1. The van der Waals surface area contributed by atoms with E-state index in [1.54, 1.807) is 0 Å². The van der Waals surface area contributed by atoms with E-state index in [0.717, 1.165) is 31.8 Å². The summed E-state index contributed by atoms with van der Waals surface area (Å²) in [6.07, 6.45) is 1.08. The fourth-order valence-electron chi connectivity index (χ4n) is 2.30. The summed E-state index contributed by atoms with van der Waals surface area (Å²) in [6.45, 7) is 6.00. The van der Waals surface area contributed by atoms with Crippen LogP contribution in [0.2, 0.25) is 5.02 Å². The lowest BCUT2D eigenvalue weighted by molar-refractivity contribution is 0.140. The average molecular weight is 269 g/mol. The molecule has 2 unspecified atom stereocenters. The zero-order valence-corrected chi connectivity index (χ0v) is 11.6. The van der Waals surface area contributed by atoms with Gasteiger partial charge in [0.15, 0.2) is 0 Å². The van der Waals surface area contributed by atoms with Crippen LogP contribution in [0.25, 0.3) is 0 Å². The number of hydrogen-bond donors (Lipinski definition) is 1. The number of halogens is 1. The second-order valence-corrected chi connectivity index (χ2v) is 5.47. The molecule has 2 N–H and O–H groups in total. The molecular formula is C14H21ClN2O. The molecule has 3 nitrogen and oxygen atoms in total. The molecule has 4 heteroatoms. The predicted octanol–water partition coefficient (Wildman–Crippen LogP) is 2.39. The highest BCUT2D eigenvalue weighted by Gasteiger charge is 2.22. The van der Waals surface area contributed by atoms with Gasteiger partial charge in [0.2, 0.25) is 0 Å². The lowest BCUT2D eigenvalue weighted by atomic mass is 9.95. The maximum Gasteiger partial charge on any atom is 0.120 e. The molecule has 1 aromatic carbocycles. The smallest absolute Gasteiger partial charge is 0.120 e. The van der Waals surface area contributed by atoms with Crippen molar-refractivity contribution in [1.82, 2.24) is 4.90 Å². The van der Waals surface area contributed by atoms with E-state index in [9.17, 15) is 0 Å². The average Bonchev–Trinajstić information content (AvgIpc) is 2.34. The van der Waals surface area contributed by atoms with Crippen LogP contribution < -0.4 is 10.5 Å². The summed E-state index contributed by atoms with van der Waals surface area (Å²) in [5, 5.41) is 0.713. The van der Waals surface area contributed by atoms with Crippen molar-refractivity contribution in [3.8, 4) is 5.75 Å². The van der Waals surface area contributed by atoms with E-state index in [0.29, 0.717) is 23.6 Å². The summed E-state index contributed by atoms with van der Waals surface area (Å²) in [5.74, 6) is 1.41. The van der Waals surface area contributed by atoms with Gasteiger partial charge in [0.05, 0.1) is 0 Å². The molecule has 0 aliphatic carbocycles. The number of nitrogens with zero attached hydrogens (tertiary/aromatic N) is 1. The topological polar surface area (TPSA) is 38.5 Å². The number of hydrogen-bond acceptors (Lipinski definition) is 3. The van der Waals surface area contributed by atoms with Crippen molar-refractivity contribution in [2.75, 3.05) is 26.2 Å². The molecule has 0 radical (unpaired) electrons. The second-order valence-electron chi connectivity index (χ2n) is 5.04. The molecule has 0 bridgehead atoms. The van der Waals surface area contributed by atoms with Gasteiger partial charge < -0.3 is 10.5 Å². The SMILES string of the molecule is CC1CN(CCOc2cccc(Cl)c2)CCC1N. The van der Waals surface area contributed by atoms with Crippen LogP contribution in [0.4, 0.5) is 0 Å². The lowest BCUT2D eigenvalue weighted by Crippen LogP contribution is -2.46. The first-order chi connectivity index (χ1) is 8.65. The molecule has 1 aromatic rings. The summed E-state index contributed by atoms with van der Waals surface area (Å²) in [5.41, 5.74) is 6.00. The van der Waals surface area contributed by atoms with Gasteiger partial charge in [-0.05, 0) is 37.1 Å². The maximum absolute atomic E-state index is 6.00. The third-order valence-corrected chi connectivity index (χ3v) is 3.76. The highest BCUT2D eigenvalue weighted by Crippen LogP contribution is 2.18. The Kier molecular flexibility index (Phi) is 4.87. The Labute approximate surface area is 114 Å². The van der Waals surface area contributed by atoms with Crippen LogP contribution in [0.15, 0.2) is 24.3 Å². The molecule has 1 saturated heterocycles. The normalized spacial score (nSPS) is 25.1. The van der Waals surface area contributed by atoms with Crippen LogP contribution in [-0.4, -0.2) is 37.2 Å². The molecule has 100 valence electrons. The maximum atomic E-state index is 6.00. The Hall–Kier alpha value is -0.770. The molecule has 1 heterocycles. The van der Waals surface area contributed by atoms with Crippen molar-refractivity contribution < 1.29 is 4.74 Å². The van der Waals surface area contributed by atoms with Gasteiger partial charge >= 0.3 is 0 Å². The third kappa shape index (κ3) is 3.87. The largest absolute Gasteiger partial charge is 0.492 e. The zero-order chi connectivity index (χ0) is 13.0. The molecule has 1 aliphatic rings. The predicted molar refractivity (Wildman–Crippen MR) is 75.1 cm³/mol. The first-order valence-electron chi connectivity index (χ1n) is 6.51. The fraction of sp³-hybridized carbons (Fsp3) is 0.571. The van der Waals surface area contributed by atoms with Crippen molar-refractivity contribution in [3.05, 3.63) is 29.3 Å². The van der Waals surface area contributed by atoms with Crippen LogP contribution in [0.5, 0.6) is 5.75 Å². The van der Waals surface area contributed by atoms with Gasteiger partial charge in [-0.3, -0.25) is 4.90 Å². The second kappa shape index (κ2) is 6.41. The van der Waals surface area contributed by atoms with E-state index in [-0.39, 0.29) is 0 Å². The number of likely N-dealkylation sites (tertiary alicyclic amines) is 1. The number of benzene rings is 1. The van der Waals surface area contributed by atoms with E-state index in [1.165, 1.54) is 0 Å². The molecule has 1 aliphatic heterocycles. The van der Waals surface area contributed by atoms with Gasteiger partial charge in [-0.2, -0.15) is 0 Å². The molecule has 0 amide bonds. The molecule has 0 aromatic heterocycles. The summed E-state index contributed by atoms with van der Waals surface area (Å²) in [7, 11) is 0. The molecular weight excluding hydrogens is 248 g/mol. The monoisotopic (exact) mass is 268 g/mol. The lowest BCUT2D eigenvalue weighted by Gasteiger charge is -2.34. The zero-order valence-electron chi connectivity index (χ0n) is 10.8. The molecule has 2 rings (SSSR count). The van der Waals surface area contributed by atoms with Crippen LogP contribution >= 0.6 is 11.6 Å². The minimum Gasteiger partial charge on any atom is -0.492 e. The van der Waals surface area contributed by atoms with Crippen LogP contribution in [0.3, 0.4) is 0 Å². The minimum atomic E-state index is 0.357. The van der Waals surface area contributed by atoms with Crippen molar-refractivity contribution in [3.63, 3.8) is 0 Å². The van der Waals surface area contributed by atoms with Gasteiger partial charge in [-0.1, -0.05) is 24.6 Å². The Morgan fingerprint density at radius 2 is 2.33 bits per heavy atom.